The third-order valence-corrected chi connectivity index (χ3v) is 4.00. The summed E-state index contributed by atoms with van der Waals surface area (Å²) in [7, 11) is 0. The van der Waals surface area contributed by atoms with Gasteiger partial charge in [0.25, 0.3) is 5.91 Å². The van der Waals surface area contributed by atoms with Gasteiger partial charge in [0.2, 0.25) is 0 Å². The lowest BCUT2D eigenvalue weighted by molar-refractivity contribution is 0.102. The molecule has 23 heavy (non-hydrogen) atoms. The molecule has 0 unspecified atom stereocenters. The number of hydrogen-bond donors (Lipinski definition) is 1. The van der Waals surface area contributed by atoms with Crippen molar-refractivity contribution in [2.45, 2.75) is 20.3 Å². The summed E-state index contributed by atoms with van der Waals surface area (Å²) in [5.41, 5.74) is 1.15. The van der Waals surface area contributed by atoms with Gasteiger partial charge in [-0.25, -0.2) is 0 Å². The number of anilines is 1. The smallest absolute Gasteiger partial charge is 0.255 e. The van der Waals surface area contributed by atoms with E-state index in [2.05, 4.69) is 19.2 Å². The highest BCUT2D eigenvalue weighted by Gasteiger charge is 2.08. The van der Waals surface area contributed by atoms with Crippen molar-refractivity contribution in [2.24, 2.45) is 5.92 Å². The Balaban J connectivity index is 1.95. The molecular formula is C18H19Cl2NO2. The van der Waals surface area contributed by atoms with Crippen molar-refractivity contribution in [3.63, 3.8) is 0 Å². The topological polar surface area (TPSA) is 38.3 Å². The summed E-state index contributed by atoms with van der Waals surface area (Å²) in [6.07, 6.45) is 1.000. The van der Waals surface area contributed by atoms with E-state index >= 15 is 0 Å². The molecular weight excluding hydrogens is 333 g/mol. The average Bonchev–Trinajstić information content (AvgIpc) is 2.51. The van der Waals surface area contributed by atoms with Crippen molar-refractivity contribution in [2.75, 3.05) is 11.9 Å². The molecule has 0 saturated heterocycles. The van der Waals surface area contributed by atoms with Crippen molar-refractivity contribution in [3.8, 4) is 5.75 Å². The van der Waals surface area contributed by atoms with Crippen LogP contribution in [-0.4, -0.2) is 12.5 Å². The predicted octanol–water partition coefficient (Wildman–Crippen LogP) is 5.67. The minimum absolute atomic E-state index is 0.211. The number of ether oxygens (including phenoxy) is 1. The molecule has 0 radical (unpaired) electrons. The lowest BCUT2D eigenvalue weighted by Crippen LogP contribution is -2.11. The van der Waals surface area contributed by atoms with Gasteiger partial charge in [0, 0.05) is 11.3 Å². The largest absolute Gasteiger partial charge is 0.494 e. The molecule has 2 aromatic carbocycles. The van der Waals surface area contributed by atoms with Crippen LogP contribution < -0.4 is 10.1 Å². The lowest BCUT2D eigenvalue weighted by atomic mass is 10.1. The first kappa shape index (κ1) is 17.6. The summed E-state index contributed by atoms with van der Waals surface area (Å²) < 4.78 is 5.63. The summed E-state index contributed by atoms with van der Waals surface area (Å²) in [4.78, 5) is 12.2. The Morgan fingerprint density at radius 1 is 1.09 bits per heavy atom. The van der Waals surface area contributed by atoms with E-state index in [1.165, 1.54) is 0 Å². The van der Waals surface area contributed by atoms with E-state index in [0.29, 0.717) is 33.8 Å². The van der Waals surface area contributed by atoms with E-state index in [1.807, 2.05) is 0 Å². The average molecular weight is 352 g/mol. The van der Waals surface area contributed by atoms with Crippen molar-refractivity contribution in [1.82, 2.24) is 0 Å². The van der Waals surface area contributed by atoms with Crippen molar-refractivity contribution in [3.05, 3.63) is 58.1 Å². The van der Waals surface area contributed by atoms with Gasteiger partial charge in [0.05, 0.1) is 16.7 Å². The second-order valence-electron chi connectivity index (χ2n) is 5.64. The Labute approximate surface area is 146 Å². The molecule has 0 atom stereocenters. The third kappa shape index (κ3) is 5.45. The van der Waals surface area contributed by atoms with Gasteiger partial charge in [-0.05, 0) is 54.8 Å². The van der Waals surface area contributed by atoms with Gasteiger partial charge in [0.15, 0.2) is 0 Å². The van der Waals surface area contributed by atoms with Gasteiger partial charge in [-0.2, -0.15) is 0 Å². The van der Waals surface area contributed by atoms with Gasteiger partial charge >= 0.3 is 0 Å². The predicted molar refractivity (Wildman–Crippen MR) is 95.8 cm³/mol. The maximum Gasteiger partial charge on any atom is 0.255 e. The second kappa shape index (κ2) is 8.23. The molecule has 0 heterocycles. The van der Waals surface area contributed by atoms with Crippen LogP contribution in [0.4, 0.5) is 5.69 Å². The summed E-state index contributed by atoms with van der Waals surface area (Å²) in [5, 5.41) is 3.63. The zero-order valence-corrected chi connectivity index (χ0v) is 14.6. The number of carbonyl (C=O) groups excluding carboxylic acids is 1. The molecule has 0 fully saturated rings. The van der Waals surface area contributed by atoms with Crippen LogP contribution in [-0.2, 0) is 0 Å². The molecule has 5 heteroatoms. The monoisotopic (exact) mass is 351 g/mol. The van der Waals surface area contributed by atoms with Crippen LogP contribution in [0.3, 0.4) is 0 Å². The summed E-state index contributed by atoms with van der Waals surface area (Å²) in [6, 6.07) is 12.0. The second-order valence-corrected chi connectivity index (χ2v) is 6.45. The fourth-order valence-electron chi connectivity index (χ4n) is 1.89. The molecule has 0 saturated carbocycles. The van der Waals surface area contributed by atoms with Crippen molar-refractivity contribution >= 4 is 34.8 Å². The molecule has 0 aliphatic heterocycles. The van der Waals surface area contributed by atoms with E-state index in [1.54, 1.807) is 42.5 Å². The highest BCUT2D eigenvalue weighted by atomic mass is 35.5. The zero-order valence-electron chi connectivity index (χ0n) is 13.1. The van der Waals surface area contributed by atoms with Crippen LogP contribution in [0, 0.1) is 5.92 Å². The first-order valence-electron chi connectivity index (χ1n) is 7.45. The van der Waals surface area contributed by atoms with Crippen LogP contribution in [0.25, 0.3) is 0 Å². The standard InChI is InChI=1S/C18H19Cl2NO2/c1-12(2)9-10-23-15-6-3-13(4-7-15)18(22)21-14-5-8-16(19)17(20)11-14/h3-8,11-12H,9-10H2,1-2H3,(H,21,22). The van der Waals surface area contributed by atoms with Gasteiger partial charge < -0.3 is 10.1 Å². The Kier molecular flexibility index (Phi) is 6.31. The number of carbonyl (C=O) groups is 1. The zero-order chi connectivity index (χ0) is 16.8. The van der Waals surface area contributed by atoms with Crippen molar-refractivity contribution < 1.29 is 9.53 Å². The fraction of sp³-hybridized carbons (Fsp3) is 0.278. The van der Waals surface area contributed by atoms with Crippen LogP contribution in [0.2, 0.25) is 10.0 Å². The van der Waals surface area contributed by atoms with Gasteiger partial charge in [0.1, 0.15) is 5.75 Å². The molecule has 0 bridgehead atoms. The molecule has 1 N–H and O–H groups in total. The molecule has 1 amide bonds. The number of hydrogen-bond acceptors (Lipinski definition) is 2. The molecule has 2 aromatic rings. The lowest BCUT2D eigenvalue weighted by Gasteiger charge is -2.09. The Hall–Kier alpha value is -1.71. The van der Waals surface area contributed by atoms with Gasteiger partial charge in [-0.3, -0.25) is 4.79 Å². The third-order valence-electron chi connectivity index (χ3n) is 3.26. The minimum atomic E-state index is -0.211. The Bertz CT molecular complexity index is 669. The van der Waals surface area contributed by atoms with Gasteiger partial charge in [-0.15, -0.1) is 0 Å². The molecule has 0 aliphatic carbocycles. The number of halogens is 2. The molecule has 122 valence electrons. The number of nitrogens with one attached hydrogen (secondary N) is 1. The van der Waals surface area contributed by atoms with Crippen molar-refractivity contribution in [1.29, 1.82) is 0 Å². The van der Waals surface area contributed by atoms with Crippen LogP contribution in [0.15, 0.2) is 42.5 Å². The molecule has 3 nitrogen and oxygen atoms in total. The SMILES string of the molecule is CC(C)CCOc1ccc(C(=O)Nc2ccc(Cl)c(Cl)c2)cc1. The van der Waals surface area contributed by atoms with E-state index < -0.39 is 0 Å². The number of rotatable bonds is 6. The molecule has 2 rings (SSSR count). The summed E-state index contributed by atoms with van der Waals surface area (Å²) >= 11 is 11.8. The first-order chi connectivity index (χ1) is 11.0. The highest BCUT2D eigenvalue weighted by Crippen LogP contribution is 2.25. The van der Waals surface area contributed by atoms with E-state index in [9.17, 15) is 4.79 Å². The number of amides is 1. The highest BCUT2D eigenvalue weighted by molar-refractivity contribution is 6.42. The molecule has 0 aromatic heterocycles. The normalized spacial score (nSPS) is 10.7. The minimum Gasteiger partial charge on any atom is -0.494 e. The quantitative estimate of drug-likeness (QED) is 0.727. The Morgan fingerprint density at radius 3 is 2.39 bits per heavy atom. The van der Waals surface area contributed by atoms with E-state index in [4.69, 9.17) is 27.9 Å². The summed E-state index contributed by atoms with van der Waals surface area (Å²) in [5.74, 6) is 1.15. The summed E-state index contributed by atoms with van der Waals surface area (Å²) in [6.45, 7) is 4.98. The van der Waals surface area contributed by atoms with E-state index in [0.717, 1.165) is 12.2 Å². The molecule has 0 spiro atoms. The fourth-order valence-corrected chi connectivity index (χ4v) is 2.19. The maximum absolute atomic E-state index is 12.2. The van der Waals surface area contributed by atoms with Gasteiger partial charge in [-0.1, -0.05) is 37.0 Å². The Morgan fingerprint density at radius 2 is 1.78 bits per heavy atom. The number of benzene rings is 2. The van der Waals surface area contributed by atoms with E-state index in [-0.39, 0.29) is 5.91 Å². The van der Waals surface area contributed by atoms with Crippen LogP contribution in [0.5, 0.6) is 5.75 Å². The molecule has 0 aliphatic rings. The van der Waals surface area contributed by atoms with Crippen LogP contribution in [0.1, 0.15) is 30.6 Å². The first-order valence-corrected chi connectivity index (χ1v) is 8.20. The van der Waals surface area contributed by atoms with Crippen LogP contribution >= 0.6 is 23.2 Å². The maximum atomic E-state index is 12.2.